The first-order valence-electron chi connectivity index (χ1n) is 6.70. The summed E-state index contributed by atoms with van der Waals surface area (Å²) in [6.45, 7) is 1.75. The highest BCUT2D eigenvalue weighted by Gasteiger charge is 2.10. The average Bonchev–Trinajstić information content (AvgIpc) is 2.97. The Morgan fingerprint density at radius 3 is 2.43 bits per heavy atom. The number of nitrogens with zero attached hydrogens (tertiary/aromatic N) is 2. The summed E-state index contributed by atoms with van der Waals surface area (Å²) in [7, 11) is 0. The van der Waals surface area contributed by atoms with Crippen molar-refractivity contribution in [3.63, 3.8) is 0 Å². The van der Waals surface area contributed by atoms with E-state index >= 15 is 0 Å². The van der Waals surface area contributed by atoms with Gasteiger partial charge >= 0.3 is 0 Å². The summed E-state index contributed by atoms with van der Waals surface area (Å²) < 4.78 is 5.09. The van der Waals surface area contributed by atoms with E-state index in [0.29, 0.717) is 33.0 Å². The summed E-state index contributed by atoms with van der Waals surface area (Å²) in [5.74, 6) is 0.729. The zero-order valence-electron chi connectivity index (χ0n) is 12.0. The molecular weight excluding hydrogens is 337 g/mol. The van der Waals surface area contributed by atoms with Crippen LogP contribution in [0.5, 0.6) is 0 Å². The van der Waals surface area contributed by atoms with Crippen LogP contribution in [0.1, 0.15) is 16.2 Å². The lowest BCUT2D eigenvalue weighted by molar-refractivity contribution is 0.102. The van der Waals surface area contributed by atoms with E-state index in [2.05, 4.69) is 15.5 Å². The van der Waals surface area contributed by atoms with E-state index in [4.69, 9.17) is 27.7 Å². The lowest BCUT2D eigenvalue weighted by atomic mass is 10.2. The van der Waals surface area contributed by atoms with Crippen LogP contribution in [0, 0.1) is 6.92 Å². The first-order chi connectivity index (χ1) is 11.0. The van der Waals surface area contributed by atoms with Gasteiger partial charge in [0.2, 0.25) is 0 Å². The maximum Gasteiger partial charge on any atom is 0.257 e. The van der Waals surface area contributed by atoms with E-state index in [1.54, 1.807) is 43.3 Å². The molecule has 0 aliphatic heterocycles. The highest BCUT2D eigenvalue weighted by Crippen LogP contribution is 2.24. The molecule has 7 heteroatoms. The van der Waals surface area contributed by atoms with Gasteiger partial charge in [0.05, 0.1) is 10.0 Å². The zero-order valence-corrected chi connectivity index (χ0v) is 13.5. The molecule has 0 saturated heterocycles. The van der Waals surface area contributed by atoms with Crippen LogP contribution in [0.3, 0.4) is 0 Å². The van der Waals surface area contributed by atoms with E-state index < -0.39 is 0 Å². The summed E-state index contributed by atoms with van der Waals surface area (Å²) in [5.41, 5.74) is 1.84. The van der Waals surface area contributed by atoms with Crippen molar-refractivity contribution in [2.45, 2.75) is 6.92 Å². The average molecular weight is 348 g/mol. The fourth-order valence-electron chi connectivity index (χ4n) is 1.95. The number of benzene rings is 2. The van der Waals surface area contributed by atoms with Crippen molar-refractivity contribution in [1.29, 1.82) is 0 Å². The number of aromatic nitrogens is 2. The molecule has 0 aliphatic rings. The molecule has 23 heavy (non-hydrogen) atoms. The topological polar surface area (TPSA) is 68.0 Å². The summed E-state index contributed by atoms with van der Waals surface area (Å²) >= 11 is 11.8. The number of amides is 1. The third-order valence-corrected chi connectivity index (χ3v) is 3.84. The van der Waals surface area contributed by atoms with Gasteiger partial charge in [-0.3, -0.25) is 4.79 Å². The highest BCUT2D eigenvalue weighted by atomic mass is 35.5. The zero-order chi connectivity index (χ0) is 16.4. The van der Waals surface area contributed by atoms with Gasteiger partial charge in [0.1, 0.15) is 0 Å². The second kappa shape index (κ2) is 6.40. The van der Waals surface area contributed by atoms with Gasteiger partial charge in [0.25, 0.3) is 11.8 Å². The van der Waals surface area contributed by atoms with E-state index in [-0.39, 0.29) is 5.91 Å². The Balaban J connectivity index is 1.75. The van der Waals surface area contributed by atoms with Gasteiger partial charge in [-0.25, -0.2) is 0 Å². The van der Waals surface area contributed by atoms with Crippen LogP contribution < -0.4 is 5.32 Å². The van der Waals surface area contributed by atoms with Gasteiger partial charge in [-0.15, -0.1) is 0 Å². The molecule has 0 aliphatic carbocycles. The third kappa shape index (κ3) is 3.52. The van der Waals surface area contributed by atoms with Gasteiger partial charge in [-0.2, -0.15) is 4.98 Å². The van der Waals surface area contributed by atoms with Gasteiger partial charge in [-0.05, 0) is 49.4 Å². The molecule has 0 unspecified atom stereocenters. The predicted octanol–water partition coefficient (Wildman–Crippen LogP) is 4.60. The van der Waals surface area contributed by atoms with Crippen molar-refractivity contribution in [2.75, 3.05) is 5.32 Å². The smallest absolute Gasteiger partial charge is 0.257 e. The van der Waals surface area contributed by atoms with Gasteiger partial charge in [0.15, 0.2) is 5.82 Å². The van der Waals surface area contributed by atoms with Crippen molar-refractivity contribution in [3.8, 4) is 11.5 Å². The van der Waals surface area contributed by atoms with Crippen molar-refractivity contribution >= 4 is 34.8 Å². The second-order valence-electron chi connectivity index (χ2n) is 4.81. The number of aryl methyl sites for hydroxylation is 1. The first-order valence-corrected chi connectivity index (χ1v) is 7.45. The molecular formula is C16H11Cl2N3O2. The molecule has 0 saturated carbocycles. The number of hydrogen-bond donors (Lipinski definition) is 1. The van der Waals surface area contributed by atoms with Crippen LogP contribution in [-0.2, 0) is 0 Å². The molecule has 0 spiro atoms. The van der Waals surface area contributed by atoms with Crippen LogP contribution >= 0.6 is 23.2 Å². The van der Waals surface area contributed by atoms with Crippen LogP contribution in [0.15, 0.2) is 47.0 Å². The highest BCUT2D eigenvalue weighted by molar-refractivity contribution is 6.42. The number of halogens is 2. The van der Waals surface area contributed by atoms with E-state index in [0.717, 1.165) is 5.56 Å². The van der Waals surface area contributed by atoms with Gasteiger partial charge < -0.3 is 9.84 Å². The molecule has 2 aromatic carbocycles. The fourth-order valence-corrected chi connectivity index (χ4v) is 2.25. The van der Waals surface area contributed by atoms with Crippen molar-refractivity contribution < 1.29 is 9.32 Å². The maximum absolute atomic E-state index is 12.2. The fraction of sp³-hybridized carbons (Fsp3) is 0.0625. The summed E-state index contributed by atoms with van der Waals surface area (Å²) in [4.78, 5) is 16.3. The predicted molar refractivity (Wildman–Crippen MR) is 88.9 cm³/mol. The number of hydrogen-bond acceptors (Lipinski definition) is 4. The lowest BCUT2D eigenvalue weighted by Crippen LogP contribution is -2.11. The molecule has 0 atom stereocenters. The number of nitrogens with one attached hydrogen (secondary N) is 1. The third-order valence-electron chi connectivity index (χ3n) is 3.10. The van der Waals surface area contributed by atoms with E-state index in [1.165, 1.54) is 6.07 Å². The Labute approximate surface area is 142 Å². The maximum atomic E-state index is 12.2. The molecule has 1 amide bonds. The lowest BCUT2D eigenvalue weighted by Gasteiger charge is -2.06. The summed E-state index contributed by atoms with van der Waals surface area (Å²) in [6, 6.07) is 11.8. The largest absolute Gasteiger partial charge is 0.334 e. The summed E-state index contributed by atoms with van der Waals surface area (Å²) in [6.07, 6.45) is 0. The SMILES string of the molecule is Cc1noc(-c2ccc(NC(=O)c3ccc(Cl)c(Cl)c3)cc2)n1. The Bertz CT molecular complexity index is 860. The molecule has 3 aromatic rings. The Hall–Kier alpha value is -2.37. The quantitative estimate of drug-likeness (QED) is 0.751. The van der Waals surface area contributed by atoms with Gasteiger partial charge in [0, 0.05) is 16.8 Å². The standard InChI is InChI=1S/C16H11Cl2N3O2/c1-9-19-16(23-21-9)10-2-5-12(6-3-10)20-15(22)11-4-7-13(17)14(18)8-11/h2-8H,1H3,(H,20,22). The molecule has 5 nitrogen and oxygen atoms in total. The minimum absolute atomic E-state index is 0.273. The van der Waals surface area contributed by atoms with Crippen LogP contribution in [0.25, 0.3) is 11.5 Å². The number of carbonyl (C=O) groups excluding carboxylic acids is 1. The molecule has 1 N–H and O–H groups in total. The minimum atomic E-state index is -0.273. The molecule has 1 heterocycles. The monoisotopic (exact) mass is 347 g/mol. The molecule has 0 fully saturated rings. The first kappa shape index (κ1) is 15.5. The van der Waals surface area contributed by atoms with Crippen molar-refractivity contribution in [1.82, 2.24) is 10.1 Å². The van der Waals surface area contributed by atoms with Crippen LogP contribution in [0.2, 0.25) is 10.0 Å². The second-order valence-corrected chi connectivity index (χ2v) is 5.62. The Morgan fingerprint density at radius 1 is 1.09 bits per heavy atom. The van der Waals surface area contributed by atoms with Gasteiger partial charge in [-0.1, -0.05) is 28.4 Å². The molecule has 0 bridgehead atoms. The normalized spacial score (nSPS) is 10.6. The number of anilines is 1. The number of rotatable bonds is 3. The molecule has 0 radical (unpaired) electrons. The molecule has 3 rings (SSSR count). The Kier molecular flexibility index (Phi) is 4.32. The van der Waals surface area contributed by atoms with E-state index in [1.807, 2.05) is 0 Å². The van der Waals surface area contributed by atoms with Crippen molar-refractivity contribution in [3.05, 3.63) is 63.9 Å². The number of carbonyl (C=O) groups is 1. The van der Waals surface area contributed by atoms with Crippen molar-refractivity contribution in [2.24, 2.45) is 0 Å². The molecule has 1 aromatic heterocycles. The van der Waals surface area contributed by atoms with Crippen LogP contribution in [0.4, 0.5) is 5.69 Å². The summed E-state index contributed by atoms with van der Waals surface area (Å²) in [5, 5.41) is 7.26. The Morgan fingerprint density at radius 2 is 1.83 bits per heavy atom. The molecule has 116 valence electrons. The van der Waals surface area contributed by atoms with E-state index in [9.17, 15) is 4.79 Å². The van der Waals surface area contributed by atoms with Crippen LogP contribution in [-0.4, -0.2) is 16.0 Å². The minimum Gasteiger partial charge on any atom is -0.334 e.